The number of hydrogen-bond acceptors (Lipinski definition) is 2. The Kier molecular flexibility index (Phi) is 1.78. The molecule has 1 aliphatic carbocycles. The second-order valence-electron chi connectivity index (χ2n) is 3.85. The molecule has 4 heteroatoms. The van der Waals surface area contributed by atoms with Crippen LogP contribution in [0.25, 0.3) is 0 Å². The Bertz CT molecular complexity index is 264. The third-order valence-corrected chi connectivity index (χ3v) is 2.91. The van der Waals surface area contributed by atoms with Crippen molar-refractivity contribution in [1.29, 1.82) is 0 Å². The first-order valence-electron chi connectivity index (χ1n) is 4.78. The zero-order valence-corrected chi connectivity index (χ0v) is 7.91. The van der Waals surface area contributed by atoms with Gasteiger partial charge >= 0.3 is 6.03 Å². The monoisotopic (exact) mass is 182 g/mol. The highest BCUT2D eigenvalue weighted by molar-refractivity contribution is 6.04. The van der Waals surface area contributed by atoms with E-state index in [0.29, 0.717) is 5.92 Å². The molecule has 1 heterocycles. The first kappa shape index (κ1) is 8.53. The van der Waals surface area contributed by atoms with Crippen LogP contribution in [0, 0.1) is 5.92 Å². The van der Waals surface area contributed by atoms with Gasteiger partial charge in [-0.25, -0.2) is 4.79 Å². The van der Waals surface area contributed by atoms with Crippen molar-refractivity contribution in [2.75, 3.05) is 0 Å². The molecule has 3 atom stereocenters. The number of amides is 3. The van der Waals surface area contributed by atoms with E-state index in [9.17, 15) is 9.59 Å². The van der Waals surface area contributed by atoms with Gasteiger partial charge in [0, 0.05) is 6.04 Å². The van der Waals surface area contributed by atoms with Crippen LogP contribution in [0.15, 0.2) is 0 Å². The van der Waals surface area contributed by atoms with E-state index < -0.39 is 0 Å². The van der Waals surface area contributed by atoms with E-state index in [1.54, 1.807) is 6.92 Å². The van der Waals surface area contributed by atoms with Crippen molar-refractivity contribution in [2.45, 2.75) is 38.8 Å². The average Bonchev–Trinajstić information content (AvgIpc) is 2.79. The molecule has 2 aliphatic rings. The van der Waals surface area contributed by atoms with E-state index in [1.807, 2.05) is 0 Å². The quantitative estimate of drug-likeness (QED) is 0.640. The normalized spacial score (nSPS) is 38.0. The largest absolute Gasteiger partial charge is 0.326 e. The summed E-state index contributed by atoms with van der Waals surface area (Å²) in [5, 5.41) is 2.62. The van der Waals surface area contributed by atoms with Crippen molar-refractivity contribution >= 4 is 11.9 Å². The minimum absolute atomic E-state index is 0.0639. The highest BCUT2D eigenvalue weighted by Gasteiger charge is 2.49. The molecular weight excluding hydrogens is 168 g/mol. The van der Waals surface area contributed by atoms with E-state index in [4.69, 9.17) is 0 Å². The predicted octanol–water partition coefficient (Wildman–Crippen LogP) is 0.725. The second-order valence-corrected chi connectivity index (χ2v) is 3.85. The van der Waals surface area contributed by atoms with Crippen molar-refractivity contribution in [3.8, 4) is 0 Å². The first-order chi connectivity index (χ1) is 6.15. The number of hydrogen-bond donors (Lipinski definition) is 1. The molecule has 72 valence electrons. The Morgan fingerprint density at radius 1 is 1.54 bits per heavy atom. The molecule has 3 amide bonds. The fraction of sp³-hybridized carbons (Fsp3) is 0.778. The summed E-state index contributed by atoms with van der Waals surface area (Å²) in [7, 11) is 0. The van der Waals surface area contributed by atoms with Crippen LogP contribution >= 0.6 is 0 Å². The number of urea groups is 1. The highest BCUT2D eigenvalue weighted by Crippen LogP contribution is 2.39. The van der Waals surface area contributed by atoms with Crippen molar-refractivity contribution in [3.63, 3.8) is 0 Å². The molecule has 0 bridgehead atoms. The van der Waals surface area contributed by atoms with Crippen LogP contribution in [0.3, 0.4) is 0 Å². The van der Waals surface area contributed by atoms with E-state index in [-0.39, 0.29) is 24.0 Å². The number of rotatable bonds is 2. The molecular formula is C9H14N2O2. The summed E-state index contributed by atoms with van der Waals surface area (Å²) in [5.74, 6) is 0.478. The Hall–Kier alpha value is -1.06. The maximum atomic E-state index is 11.5. The van der Waals surface area contributed by atoms with Crippen molar-refractivity contribution in [3.05, 3.63) is 0 Å². The van der Waals surface area contributed by atoms with Gasteiger partial charge in [0.25, 0.3) is 5.91 Å². The third-order valence-electron chi connectivity index (χ3n) is 2.91. The smallest absolute Gasteiger partial charge is 0.325 e. The van der Waals surface area contributed by atoms with Crippen LogP contribution in [0.4, 0.5) is 4.79 Å². The summed E-state index contributed by atoms with van der Waals surface area (Å²) in [6.07, 6.45) is 2.04. The summed E-state index contributed by atoms with van der Waals surface area (Å²) >= 11 is 0. The van der Waals surface area contributed by atoms with Crippen molar-refractivity contribution in [2.24, 2.45) is 5.92 Å². The maximum absolute atomic E-state index is 11.5. The third kappa shape index (κ3) is 1.20. The average molecular weight is 182 g/mol. The van der Waals surface area contributed by atoms with Gasteiger partial charge in [-0.15, -0.1) is 0 Å². The standard InChI is InChI=1S/C9H14N2O2/c1-3-6-4-7(6)11-8(12)5(2)10-9(11)13/h5-7H,3-4H2,1-2H3,(H,10,13)/t5-,6?,7?/m0/s1. The molecule has 1 saturated heterocycles. The lowest BCUT2D eigenvalue weighted by atomic mass is 10.3. The Morgan fingerprint density at radius 2 is 2.23 bits per heavy atom. The zero-order chi connectivity index (χ0) is 9.59. The van der Waals surface area contributed by atoms with Crippen LogP contribution in [-0.4, -0.2) is 28.9 Å². The molecule has 1 N–H and O–H groups in total. The van der Waals surface area contributed by atoms with Gasteiger partial charge in [0.2, 0.25) is 0 Å². The molecule has 0 aromatic heterocycles. The van der Waals surface area contributed by atoms with Gasteiger partial charge in [-0.1, -0.05) is 13.3 Å². The lowest BCUT2D eigenvalue weighted by Crippen LogP contribution is -2.34. The number of carbonyl (C=O) groups excluding carboxylic acids is 2. The van der Waals surface area contributed by atoms with Crippen LogP contribution < -0.4 is 5.32 Å². The van der Waals surface area contributed by atoms with Gasteiger partial charge in [0.05, 0.1) is 0 Å². The summed E-state index contributed by atoms with van der Waals surface area (Å²) in [6, 6.07) is -0.355. The predicted molar refractivity (Wildman–Crippen MR) is 47.0 cm³/mol. The van der Waals surface area contributed by atoms with Crippen LogP contribution in [0.5, 0.6) is 0 Å². The summed E-state index contributed by atoms with van der Waals surface area (Å²) < 4.78 is 0. The summed E-state index contributed by atoms with van der Waals surface area (Å²) in [5.41, 5.74) is 0. The number of imide groups is 1. The van der Waals surface area contributed by atoms with Crippen molar-refractivity contribution in [1.82, 2.24) is 10.2 Å². The van der Waals surface area contributed by atoms with Gasteiger partial charge in [-0.3, -0.25) is 9.69 Å². The Balaban J connectivity index is 2.07. The fourth-order valence-electron chi connectivity index (χ4n) is 1.93. The van der Waals surface area contributed by atoms with Crippen molar-refractivity contribution < 1.29 is 9.59 Å². The molecule has 13 heavy (non-hydrogen) atoms. The van der Waals surface area contributed by atoms with Gasteiger partial charge in [-0.05, 0) is 19.3 Å². The molecule has 4 nitrogen and oxygen atoms in total. The zero-order valence-electron chi connectivity index (χ0n) is 7.91. The Morgan fingerprint density at radius 3 is 2.62 bits per heavy atom. The van der Waals surface area contributed by atoms with Gasteiger partial charge in [0.1, 0.15) is 6.04 Å². The van der Waals surface area contributed by atoms with Gasteiger partial charge in [-0.2, -0.15) is 0 Å². The topological polar surface area (TPSA) is 49.4 Å². The number of carbonyl (C=O) groups is 2. The second kappa shape index (κ2) is 2.72. The van der Waals surface area contributed by atoms with Crippen LogP contribution in [0.2, 0.25) is 0 Å². The lowest BCUT2D eigenvalue weighted by Gasteiger charge is -2.11. The molecule has 1 aliphatic heterocycles. The minimum atomic E-state index is -0.328. The van der Waals surface area contributed by atoms with E-state index in [1.165, 1.54) is 4.90 Å². The lowest BCUT2D eigenvalue weighted by molar-refractivity contribution is -0.127. The minimum Gasteiger partial charge on any atom is -0.326 e. The number of nitrogens with one attached hydrogen (secondary N) is 1. The summed E-state index contributed by atoms with van der Waals surface area (Å²) in [6.45, 7) is 3.82. The molecule has 0 radical (unpaired) electrons. The highest BCUT2D eigenvalue weighted by atomic mass is 16.2. The van der Waals surface area contributed by atoms with Gasteiger partial charge in [0.15, 0.2) is 0 Å². The molecule has 2 fully saturated rings. The van der Waals surface area contributed by atoms with Crippen LogP contribution in [-0.2, 0) is 4.79 Å². The van der Waals surface area contributed by atoms with E-state index in [2.05, 4.69) is 12.2 Å². The molecule has 0 aromatic rings. The maximum Gasteiger partial charge on any atom is 0.325 e. The molecule has 0 aromatic carbocycles. The fourth-order valence-corrected chi connectivity index (χ4v) is 1.93. The summed E-state index contributed by atoms with van der Waals surface area (Å²) in [4.78, 5) is 24.2. The van der Waals surface area contributed by atoms with Gasteiger partial charge < -0.3 is 5.32 Å². The SMILES string of the molecule is CCC1CC1N1C(=O)N[C@@H](C)C1=O. The molecule has 2 rings (SSSR count). The molecule has 0 spiro atoms. The van der Waals surface area contributed by atoms with Crippen LogP contribution in [0.1, 0.15) is 26.7 Å². The first-order valence-corrected chi connectivity index (χ1v) is 4.78. The molecule has 1 saturated carbocycles. The van der Waals surface area contributed by atoms with E-state index >= 15 is 0 Å². The van der Waals surface area contributed by atoms with E-state index in [0.717, 1.165) is 12.8 Å². The Labute approximate surface area is 77.3 Å². The molecule has 2 unspecified atom stereocenters. The number of nitrogens with zero attached hydrogens (tertiary/aromatic N) is 1.